The molecule has 7 heteroatoms. The highest BCUT2D eigenvalue weighted by atomic mass is 16.5. The molecule has 1 unspecified atom stereocenters. The van der Waals surface area contributed by atoms with E-state index in [2.05, 4.69) is 12.2 Å². The minimum absolute atomic E-state index is 0.106. The molecule has 0 saturated carbocycles. The number of carbonyl (C=O) groups excluding carboxylic acids is 1. The zero-order valence-corrected chi connectivity index (χ0v) is 21.4. The van der Waals surface area contributed by atoms with Crippen LogP contribution in [0, 0.1) is 6.92 Å². The maximum atomic E-state index is 13.6. The number of hydrogen-bond acceptors (Lipinski definition) is 4. The van der Waals surface area contributed by atoms with Crippen LogP contribution in [0.1, 0.15) is 63.4 Å². The van der Waals surface area contributed by atoms with Crippen molar-refractivity contribution in [1.29, 1.82) is 0 Å². The highest BCUT2D eigenvalue weighted by molar-refractivity contribution is 5.89. The van der Waals surface area contributed by atoms with Crippen LogP contribution < -0.4 is 10.9 Å². The van der Waals surface area contributed by atoms with Gasteiger partial charge in [-0.25, -0.2) is 9.78 Å². The Morgan fingerprint density at radius 3 is 2.51 bits per heavy atom. The third kappa shape index (κ3) is 6.69. The molecule has 7 nitrogen and oxygen atoms in total. The predicted octanol–water partition coefficient (Wildman–Crippen LogP) is 5.92. The van der Waals surface area contributed by atoms with Gasteiger partial charge in [0.05, 0.1) is 30.1 Å². The van der Waals surface area contributed by atoms with E-state index in [0.29, 0.717) is 42.8 Å². The number of carbonyl (C=O) groups is 1. The van der Waals surface area contributed by atoms with Crippen LogP contribution >= 0.6 is 0 Å². The minimum Gasteiger partial charge on any atom is -0.383 e. The van der Waals surface area contributed by atoms with Gasteiger partial charge in [-0.15, -0.1) is 0 Å². The Balaban J connectivity index is 2.03. The van der Waals surface area contributed by atoms with Crippen molar-refractivity contribution in [3.8, 4) is 0 Å². The summed E-state index contributed by atoms with van der Waals surface area (Å²) in [5.41, 5.74) is 2.42. The second kappa shape index (κ2) is 13.0. The van der Waals surface area contributed by atoms with E-state index >= 15 is 0 Å². The lowest BCUT2D eigenvalue weighted by molar-refractivity contribution is 0.168. The molecule has 0 bridgehead atoms. The molecular weight excluding hydrogens is 440 g/mol. The number of benzene rings is 2. The zero-order valence-electron chi connectivity index (χ0n) is 21.4. The molecule has 0 fully saturated rings. The highest BCUT2D eigenvalue weighted by Gasteiger charge is 2.28. The molecule has 0 aliphatic heterocycles. The highest BCUT2D eigenvalue weighted by Crippen LogP contribution is 2.26. The summed E-state index contributed by atoms with van der Waals surface area (Å²) in [6.07, 6.45) is 4.81. The molecule has 1 aromatic heterocycles. The molecule has 2 aromatic carbocycles. The summed E-state index contributed by atoms with van der Waals surface area (Å²) in [4.78, 5) is 33.8. The first-order valence-electron chi connectivity index (χ1n) is 12.6. The Labute approximate surface area is 208 Å². The van der Waals surface area contributed by atoms with E-state index in [-0.39, 0.29) is 17.6 Å². The van der Waals surface area contributed by atoms with Gasteiger partial charge in [-0.3, -0.25) is 9.36 Å². The van der Waals surface area contributed by atoms with Crippen molar-refractivity contribution >= 4 is 22.6 Å². The molecule has 0 radical (unpaired) electrons. The normalized spacial score (nSPS) is 12.0. The molecule has 1 atom stereocenters. The van der Waals surface area contributed by atoms with Crippen LogP contribution in [-0.2, 0) is 11.3 Å². The number of hydrogen-bond donors (Lipinski definition) is 1. The Morgan fingerprint density at radius 2 is 1.83 bits per heavy atom. The number of unbranched alkanes of at least 4 members (excludes halogenated alkanes) is 3. The minimum atomic E-state index is -0.351. The number of anilines is 1. The summed E-state index contributed by atoms with van der Waals surface area (Å²) in [7, 11) is 1.62. The molecule has 0 aliphatic rings. The second-order valence-electron chi connectivity index (χ2n) is 8.91. The van der Waals surface area contributed by atoms with Crippen molar-refractivity contribution in [3.63, 3.8) is 0 Å². The summed E-state index contributed by atoms with van der Waals surface area (Å²) >= 11 is 0. The van der Waals surface area contributed by atoms with Crippen molar-refractivity contribution in [1.82, 2.24) is 14.5 Å². The molecule has 0 saturated heterocycles. The van der Waals surface area contributed by atoms with Crippen LogP contribution in [0.3, 0.4) is 0 Å². The summed E-state index contributed by atoms with van der Waals surface area (Å²) in [6, 6.07) is 14.6. The van der Waals surface area contributed by atoms with Gasteiger partial charge in [0.2, 0.25) is 0 Å². The first kappa shape index (κ1) is 26.4. The molecule has 3 rings (SSSR count). The van der Waals surface area contributed by atoms with E-state index in [0.717, 1.165) is 36.9 Å². The van der Waals surface area contributed by atoms with Crippen LogP contribution in [0.5, 0.6) is 0 Å². The van der Waals surface area contributed by atoms with Gasteiger partial charge in [0, 0.05) is 19.3 Å². The summed E-state index contributed by atoms with van der Waals surface area (Å²) in [6.45, 7) is 7.57. The lowest BCUT2D eigenvalue weighted by Gasteiger charge is -2.32. The summed E-state index contributed by atoms with van der Waals surface area (Å²) < 4.78 is 6.97. The van der Waals surface area contributed by atoms with Crippen molar-refractivity contribution in [2.75, 3.05) is 25.6 Å². The quantitative estimate of drug-likeness (QED) is 0.328. The standard InChI is InChI=1S/C28H38N4O3/c1-5-7-8-11-18-31(28(34)29-22-16-14-21(3)15-17-22)25(6-2)26-30-24-13-10-9-12-23(24)27(33)32(26)19-20-35-4/h9-10,12-17,25H,5-8,11,18-20H2,1-4H3,(H,29,34). The fourth-order valence-electron chi connectivity index (χ4n) is 4.32. The van der Waals surface area contributed by atoms with Crippen molar-refractivity contribution in [2.24, 2.45) is 0 Å². The first-order valence-corrected chi connectivity index (χ1v) is 12.6. The number of aryl methyl sites for hydroxylation is 1. The molecule has 1 N–H and O–H groups in total. The third-order valence-electron chi connectivity index (χ3n) is 6.29. The van der Waals surface area contributed by atoms with Crippen molar-refractivity contribution in [2.45, 2.75) is 65.5 Å². The Morgan fingerprint density at radius 1 is 1.09 bits per heavy atom. The van der Waals surface area contributed by atoms with Crippen LogP contribution in [0.15, 0.2) is 53.3 Å². The van der Waals surface area contributed by atoms with Crippen LogP contribution in [-0.4, -0.2) is 40.7 Å². The van der Waals surface area contributed by atoms with Gasteiger partial charge in [0.25, 0.3) is 5.56 Å². The van der Waals surface area contributed by atoms with Crippen molar-refractivity contribution < 1.29 is 9.53 Å². The number of amides is 2. The van der Waals surface area contributed by atoms with E-state index in [4.69, 9.17) is 9.72 Å². The van der Waals surface area contributed by atoms with Gasteiger partial charge in [-0.1, -0.05) is 62.9 Å². The number of rotatable bonds is 12. The molecule has 0 spiro atoms. The topological polar surface area (TPSA) is 76.5 Å². The van der Waals surface area contributed by atoms with E-state index in [9.17, 15) is 9.59 Å². The van der Waals surface area contributed by atoms with Gasteiger partial charge in [0.1, 0.15) is 5.82 Å². The monoisotopic (exact) mass is 478 g/mol. The molecule has 1 heterocycles. The van der Waals surface area contributed by atoms with Gasteiger partial charge >= 0.3 is 6.03 Å². The number of fused-ring (bicyclic) bond motifs is 1. The molecule has 2 amide bonds. The Hall–Kier alpha value is -3.19. The average Bonchev–Trinajstić information content (AvgIpc) is 2.87. The number of urea groups is 1. The van der Waals surface area contributed by atoms with E-state index < -0.39 is 0 Å². The predicted molar refractivity (Wildman–Crippen MR) is 142 cm³/mol. The largest absolute Gasteiger partial charge is 0.383 e. The number of nitrogens with zero attached hydrogens (tertiary/aromatic N) is 3. The maximum absolute atomic E-state index is 13.6. The number of nitrogens with one attached hydrogen (secondary N) is 1. The van der Waals surface area contributed by atoms with E-state index in [1.807, 2.05) is 61.2 Å². The fourth-order valence-corrected chi connectivity index (χ4v) is 4.32. The molecule has 3 aromatic rings. The smallest absolute Gasteiger partial charge is 0.322 e. The van der Waals surface area contributed by atoms with Gasteiger partial charge in [-0.05, 0) is 44.0 Å². The lowest BCUT2D eigenvalue weighted by atomic mass is 10.1. The van der Waals surface area contributed by atoms with E-state index in [1.54, 1.807) is 17.7 Å². The summed E-state index contributed by atoms with van der Waals surface area (Å²) in [5, 5.41) is 3.63. The van der Waals surface area contributed by atoms with Crippen LogP contribution in [0.25, 0.3) is 10.9 Å². The maximum Gasteiger partial charge on any atom is 0.322 e. The first-order chi connectivity index (χ1) is 17.0. The lowest BCUT2D eigenvalue weighted by Crippen LogP contribution is -2.42. The van der Waals surface area contributed by atoms with Crippen molar-refractivity contribution in [3.05, 3.63) is 70.3 Å². The third-order valence-corrected chi connectivity index (χ3v) is 6.29. The van der Waals surface area contributed by atoms with Gasteiger partial charge in [-0.2, -0.15) is 0 Å². The molecule has 188 valence electrons. The number of ether oxygens (including phenoxy) is 1. The van der Waals surface area contributed by atoms with Crippen LogP contribution in [0.2, 0.25) is 0 Å². The molecular formula is C28H38N4O3. The fraction of sp³-hybridized carbons (Fsp3) is 0.464. The Kier molecular flexibility index (Phi) is 9.85. The SMILES string of the molecule is CCCCCCN(C(=O)Nc1ccc(C)cc1)C(CC)c1nc2ccccc2c(=O)n1CCOC. The van der Waals surface area contributed by atoms with E-state index in [1.165, 1.54) is 0 Å². The van der Waals surface area contributed by atoms with Gasteiger partial charge in [0.15, 0.2) is 0 Å². The zero-order chi connectivity index (χ0) is 25.2. The number of aromatic nitrogens is 2. The van der Waals surface area contributed by atoms with Crippen LogP contribution in [0.4, 0.5) is 10.5 Å². The number of methoxy groups -OCH3 is 1. The number of para-hydroxylation sites is 1. The summed E-state index contributed by atoms with van der Waals surface area (Å²) in [5.74, 6) is 0.600. The van der Waals surface area contributed by atoms with Gasteiger partial charge < -0.3 is 15.0 Å². The second-order valence-corrected chi connectivity index (χ2v) is 8.91. The Bertz CT molecular complexity index is 1160. The molecule has 35 heavy (non-hydrogen) atoms. The average molecular weight is 479 g/mol. The molecule has 0 aliphatic carbocycles.